The Kier molecular flexibility index (Phi) is 8.75. The highest BCUT2D eigenvalue weighted by molar-refractivity contribution is 5.74. The molecule has 3 aromatic carbocycles. The molecule has 5 unspecified atom stereocenters. The number of aliphatic hydroxyl groups is 2. The van der Waals surface area contributed by atoms with Gasteiger partial charge in [-0.25, -0.2) is 0 Å². The van der Waals surface area contributed by atoms with Gasteiger partial charge in [0.15, 0.2) is 6.29 Å². The molecule has 2 aliphatic rings. The summed E-state index contributed by atoms with van der Waals surface area (Å²) in [6.07, 6.45) is -0.275. The molecule has 0 bridgehead atoms. The third kappa shape index (κ3) is 6.57. The van der Waals surface area contributed by atoms with E-state index in [1.165, 1.54) is 6.92 Å². The Hall–Kier alpha value is -3.07. The summed E-state index contributed by atoms with van der Waals surface area (Å²) in [5.41, 5.74) is 6.05. The van der Waals surface area contributed by atoms with Crippen molar-refractivity contribution in [1.82, 2.24) is 10.2 Å². The zero-order chi connectivity index (χ0) is 27.4. The molecule has 3 N–H and O–H groups in total. The number of benzene rings is 3. The molecule has 5 rings (SSSR count). The SMILES string of the molecule is CC(=O)NCc1ccccc1-c1ccc(C2OC(CN3CCC(O)C3)C(C)C(c3ccc(CO)cc3)O2)cc1. The third-order valence-corrected chi connectivity index (χ3v) is 7.85. The lowest BCUT2D eigenvalue weighted by Crippen LogP contribution is -2.44. The van der Waals surface area contributed by atoms with Crippen molar-refractivity contribution in [2.24, 2.45) is 5.92 Å². The van der Waals surface area contributed by atoms with Crippen molar-refractivity contribution < 1.29 is 24.5 Å². The number of rotatable bonds is 8. The van der Waals surface area contributed by atoms with Gasteiger partial charge in [-0.05, 0) is 34.2 Å². The molecule has 2 heterocycles. The summed E-state index contributed by atoms with van der Waals surface area (Å²) in [6, 6.07) is 24.3. The molecule has 2 fully saturated rings. The predicted octanol–water partition coefficient (Wildman–Crippen LogP) is 4.34. The number of nitrogens with one attached hydrogen (secondary N) is 1. The van der Waals surface area contributed by atoms with Gasteiger partial charge in [-0.2, -0.15) is 0 Å². The molecule has 7 heteroatoms. The molecule has 39 heavy (non-hydrogen) atoms. The van der Waals surface area contributed by atoms with Gasteiger partial charge in [0.25, 0.3) is 0 Å². The molecule has 7 nitrogen and oxygen atoms in total. The third-order valence-electron chi connectivity index (χ3n) is 7.85. The minimum Gasteiger partial charge on any atom is -0.392 e. The first-order valence-electron chi connectivity index (χ1n) is 13.7. The summed E-state index contributed by atoms with van der Waals surface area (Å²) in [5.74, 6) is 0.0402. The molecule has 2 aliphatic heterocycles. The summed E-state index contributed by atoms with van der Waals surface area (Å²) < 4.78 is 13.2. The highest BCUT2D eigenvalue weighted by atomic mass is 16.7. The standard InChI is InChI=1S/C32H38N2O5/c1-21-30(19-34-16-15-28(37)18-34)38-32(39-31(21)25-9-7-23(20-35)8-10-25)26-13-11-24(12-14-26)29-6-4-3-5-27(29)17-33-22(2)36/h3-14,21,28,30-32,35,37H,15-20H2,1-2H3,(H,33,36). The Balaban J connectivity index is 1.39. The number of β-amino-alcohol motifs (C(OH)–C–C–N with tert-alkyl or cyclic N) is 1. The smallest absolute Gasteiger partial charge is 0.217 e. The molecule has 2 saturated heterocycles. The van der Waals surface area contributed by atoms with E-state index in [0.29, 0.717) is 13.1 Å². The van der Waals surface area contributed by atoms with Crippen LogP contribution in [-0.2, 0) is 27.4 Å². The monoisotopic (exact) mass is 530 g/mol. The zero-order valence-corrected chi connectivity index (χ0v) is 22.6. The molecular weight excluding hydrogens is 492 g/mol. The van der Waals surface area contributed by atoms with E-state index in [0.717, 1.165) is 52.9 Å². The lowest BCUT2D eigenvalue weighted by atomic mass is 9.90. The average Bonchev–Trinajstić information content (AvgIpc) is 3.37. The largest absolute Gasteiger partial charge is 0.392 e. The second-order valence-electron chi connectivity index (χ2n) is 10.7. The number of likely N-dealkylation sites (tertiary alicyclic amines) is 1. The van der Waals surface area contributed by atoms with Crippen LogP contribution in [0.3, 0.4) is 0 Å². The summed E-state index contributed by atoms with van der Waals surface area (Å²) >= 11 is 0. The maximum atomic E-state index is 11.5. The van der Waals surface area contributed by atoms with Crippen molar-refractivity contribution in [3.63, 3.8) is 0 Å². The second-order valence-corrected chi connectivity index (χ2v) is 10.7. The number of amides is 1. The van der Waals surface area contributed by atoms with Gasteiger partial charge in [0.1, 0.15) is 0 Å². The Morgan fingerprint density at radius 1 is 1.00 bits per heavy atom. The molecule has 0 saturated carbocycles. The van der Waals surface area contributed by atoms with Gasteiger partial charge in [0, 0.05) is 44.6 Å². The predicted molar refractivity (Wildman–Crippen MR) is 149 cm³/mol. The first kappa shape index (κ1) is 27.5. The Labute approximate surface area is 230 Å². The van der Waals surface area contributed by atoms with Gasteiger partial charge >= 0.3 is 0 Å². The van der Waals surface area contributed by atoms with E-state index < -0.39 is 6.29 Å². The number of carbonyl (C=O) groups is 1. The number of ether oxygens (including phenoxy) is 2. The number of nitrogens with zero attached hydrogens (tertiary/aromatic N) is 1. The van der Waals surface area contributed by atoms with Crippen molar-refractivity contribution in [2.45, 2.75) is 58.0 Å². The van der Waals surface area contributed by atoms with Crippen LogP contribution >= 0.6 is 0 Å². The quantitative estimate of drug-likeness (QED) is 0.401. The van der Waals surface area contributed by atoms with Crippen LogP contribution in [0.2, 0.25) is 0 Å². The molecule has 0 radical (unpaired) electrons. The van der Waals surface area contributed by atoms with Gasteiger partial charge < -0.3 is 25.0 Å². The fourth-order valence-electron chi connectivity index (χ4n) is 5.56. The summed E-state index contributed by atoms with van der Waals surface area (Å²) in [6.45, 7) is 6.43. The molecule has 0 aromatic heterocycles. The van der Waals surface area contributed by atoms with Gasteiger partial charge in [0.2, 0.25) is 5.91 Å². The van der Waals surface area contributed by atoms with Crippen molar-refractivity contribution in [3.05, 3.63) is 95.1 Å². The summed E-state index contributed by atoms with van der Waals surface area (Å²) in [4.78, 5) is 13.7. The second kappa shape index (κ2) is 12.4. The molecule has 1 amide bonds. The van der Waals surface area contributed by atoms with Gasteiger partial charge in [-0.1, -0.05) is 79.7 Å². The molecule has 5 atom stereocenters. The zero-order valence-electron chi connectivity index (χ0n) is 22.6. The molecular formula is C32H38N2O5. The average molecular weight is 531 g/mol. The number of aliphatic hydroxyl groups excluding tert-OH is 2. The topological polar surface area (TPSA) is 91.3 Å². The van der Waals surface area contributed by atoms with Crippen LogP contribution in [0.4, 0.5) is 0 Å². The highest BCUT2D eigenvalue weighted by Crippen LogP contribution is 2.42. The van der Waals surface area contributed by atoms with Gasteiger partial charge in [-0.3, -0.25) is 9.69 Å². The van der Waals surface area contributed by atoms with E-state index in [-0.39, 0.29) is 36.7 Å². The highest BCUT2D eigenvalue weighted by Gasteiger charge is 2.39. The van der Waals surface area contributed by atoms with E-state index in [2.05, 4.69) is 35.3 Å². The van der Waals surface area contributed by atoms with Crippen LogP contribution in [0.5, 0.6) is 0 Å². The lowest BCUT2D eigenvalue weighted by Gasteiger charge is -2.42. The van der Waals surface area contributed by atoms with Crippen LogP contribution in [-0.4, -0.2) is 52.9 Å². The van der Waals surface area contributed by atoms with E-state index in [1.807, 2.05) is 54.6 Å². The number of carbonyl (C=O) groups excluding carboxylic acids is 1. The molecule has 0 aliphatic carbocycles. The van der Waals surface area contributed by atoms with E-state index in [9.17, 15) is 15.0 Å². The van der Waals surface area contributed by atoms with Crippen LogP contribution in [0, 0.1) is 5.92 Å². The van der Waals surface area contributed by atoms with Crippen LogP contribution in [0.25, 0.3) is 11.1 Å². The van der Waals surface area contributed by atoms with Crippen molar-refractivity contribution >= 4 is 5.91 Å². The molecule has 0 spiro atoms. The first-order valence-corrected chi connectivity index (χ1v) is 13.7. The fourth-order valence-corrected chi connectivity index (χ4v) is 5.56. The van der Waals surface area contributed by atoms with Crippen molar-refractivity contribution in [1.29, 1.82) is 0 Å². The Bertz CT molecular complexity index is 1250. The lowest BCUT2D eigenvalue weighted by molar-refractivity contribution is -0.276. The van der Waals surface area contributed by atoms with Crippen molar-refractivity contribution in [3.8, 4) is 11.1 Å². The van der Waals surface area contributed by atoms with Crippen LogP contribution < -0.4 is 5.32 Å². The van der Waals surface area contributed by atoms with E-state index in [1.54, 1.807) is 0 Å². The summed E-state index contributed by atoms with van der Waals surface area (Å²) in [7, 11) is 0. The number of hydrogen-bond acceptors (Lipinski definition) is 6. The first-order chi connectivity index (χ1) is 18.9. The normalized spacial score (nSPS) is 25.5. The number of hydrogen-bond donors (Lipinski definition) is 3. The van der Waals surface area contributed by atoms with Crippen molar-refractivity contribution in [2.75, 3.05) is 19.6 Å². The maximum Gasteiger partial charge on any atom is 0.217 e. The minimum absolute atomic E-state index is 0.00724. The molecule has 206 valence electrons. The maximum absolute atomic E-state index is 11.5. The Morgan fingerprint density at radius 3 is 2.38 bits per heavy atom. The van der Waals surface area contributed by atoms with E-state index >= 15 is 0 Å². The van der Waals surface area contributed by atoms with Crippen LogP contribution in [0.15, 0.2) is 72.8 Å². The van der Waals surface area contributed by atoms with Gasteiger partial charge in [0.05, 0.1) is 24.9 Å². The summed E-state index contributed by atoms with van der Waals surface area (Å²) in [5, 5.41) is 22.4. The minimum atomic E-state index is -0.537. The van der Waals surface area contributed by atoms with Crippen LogP contribution in [0.1, 0.15) is 54.9 Å². The fraction of sp³-hybridized carbons (Fsp3) is 0.406. The van der Waals surface area contributed by atoms with Gasteiger partial charge in [-0.15, -0.1) is 0 Å². The molecule has 3 aromatic rings. The van der Waals surface area contributed by atoms with E-state index in [4.69, 9.17) is 9.47 Å². The Morgan fingerprint density at radius 2 is 1.72 bits per heavy atom.